The van der Waals surface area contributed by atoms with E-state index in [0.29, 0.717) is 6.61 Å². The summed E-state index contributed by atoms with van der Waals surface area (Å²) in [5, 5.41) is 0. The van der Waals surface area contributed by atoms with Crippen molar-refractivity contribution in [2.45, 2.75) is 31.8 Å². The van der Waals surface area contributed by atoms with E-state index < -0.39 is 0 Å². The minimum absolute atomic E-state index is 0.00704. The average molecular weight is 271 g/mol. The lowest BCUT2D eigenvalue weighted by Gasteiger charge is -2.27. The zero-order chi connectivity index (χ0) is 14.4. The van der Waals surface area contributed by atoms with E-state index in [2.05, 4.69) is 13.5 Å². The van der Waals surface area contributed by atoms with Crippen LogP contribution in [0, 0.1) is 0 Å². The van der Waals surface area contributed by atoms with E-state index in [0.717, 1.165) is 18.4 Å². The molecule has 0 aliphatic carbocycles. The molecule has 1 amide bonds. The van der Waals surface area contributed by atoms with Gasteiger partial charge in [-0.15, -0.1) is 6.58 Å². The first-order valence-corrected chi connectivity index (χ1v) is 7.05. The number of benzene rings is 1. The number of amides is 1. The first-order chi connectivity index (χ1) is 9.76. The summed E-state index contributed by atoms with van der Waals surface area (Å²) >= 11 is 0. The topological polar surface area (TPSA) is 29.5 Å². The highest BCUT2D eigenvalue weighted by atomic mass is 16.6. The molecule has 3 nitrogen and oxygen atoms in total. The Balaban J connectivity index is 2.11. The van der Waals surface area contributed by atoms with E-state index in [9.17, 15) is 4.79 Å². The molecule has 1 aromatic carbocycles. The first-order valence-electron chi connectivity index (χ1n) is 7.05. The van der Waals surface area contributed by atoms with Crippen LogP contribution < -0.4 is 0 Å². The summed E-state index contributed by atoms with van der Waals surface area (Å²) in [4.78, 5) is 13.7. The number of carbonyl (C=O) groups excluding carboxylic acids is 1. The highest BCUT2D eigenvalue weighted by Gasteiger charge is 2.35. The number of cyclic esters (lactones) is 1. The second-order valence-electron chi connectivity index (χ2n) is 4.91. The molecule has 1 heterocycles. The molecule has 0 aromatic heterocycles. The fraction of sp³-hybridized carbons (Fsp3) is 0.353. The molecule has 0 unspecified atom stereocenters. The summed E-state index contributed by atoms with van der Waals surface area (Å²) in [6.07, 6.45) is 7.42. The van der Waals surface area contributed by atoms with Crippen LogP contribution in [-0.2, 0) is 4.74 Å². The van der Waals surface area contributed by atoms with Crippen molar-refractivity contribution in [2.24, 2.45) is 0 Å². The minimum atomic E-state index is -0.221. The molecule has 1 aromatic rings. The van der Waals surface area contributed by atoms with Crippen LogP contribution in [0.3, 0.4) is 0 Å². The van der Waals surface area contributed by atoms with Gasteiger partial charge in [0.15, 0.2) is 0 Å². The van der Waals surface area contributed by atoms with E-state index >= 15 is 0 Å². The molecule has 1 saturated heterocycles. The summed E-state index contributed by atoms with van der Waals surface area (Å²) in [5.41, 5.74) is 1.13. The van der Waals surface area contributed by atoms with Crippen LogP contribution in [-0.4, -0.2) is 29.7 Å². The van der Waals surface area contributed by atoms with E-state index in [4.69, 9.17) is 4.74 Å². The van der Waals surface area contributed by atoms with Crippen molar-refractivity contribution >= 4 is 12.2 Å². The van der Waals surface area contributed by atoms with Gasteiger partial charge in [0.05, 0.1) is 6.04 Å². The van der Waals surface area contributed by atoms with Crippen LogP contribution >= 0.6 is 0 Å². The number of rotatable bonds is 6. The molecule has 20 heavy (non-hydrogen) atoms. The van der Waals surface area contributed by atoms with Crippen LogP contribution in [0.1, 0.15) is 25.3 Å². The van der Waals surface area contributed by atoms with Gasteiger partial charge in [0.2, 0.25) is 0 Å². The Hall–Kier alpha value is -2.03. The Morgan fingerprint density at radius 3 is 2.85 bits per heavy atom. The number of carbonyl (C=O) groups is 1. The number of ether oxygens (including phenoxy) is 1. The van der Waals surface area contributed by atoms with E-state index in [-0.39, 0.29) is 18.2 Å². The second kappa shape index (κ2) is 6.94. The van der Waals surface area contributed by atoms with Gasteiger partial charge in [0.25, 0.3) is 0 Å². The average Bonchev–Trinajstić information content (AvgIpc) is 2.85. The molecule has 1 fully saturated rings. The zero-order valence-corrected chi connectivity index (χ0v) is 11.9. The van der Waals surface area contributed by atoms with Crippen molar-refractivity contribution in [1.82, 2.24) is 4.90 Å². The lowest BCUT2D eigenvalue weighted by Crippen LogP contribution is -2.40. The number of nitrogens with zero attached hydrogens (tertiary/aromatic N) is 1. The molecule has 3 heteroatoms. The maximum atomic E-state index is 11.9. The van der Waals surface area contributed by atoms with E-state index in [1.807, 2.05) is 53.5 Å². The van der Waals surface area contributed by atoms with Crippen LogP contribution in [0.2, 0.25) is 0 Å². The van der Waals surface area contributed by atoms with Crippen LogP contribution in [0.25, 0.3) is 6.08 Å². The maximum Gasteiger partial charge on any atom is 0.410 e. The molecule has 106 valence electrons. The zero-order valence-electron chi connectivity index (χ0n) is 11.9. The third-order valence-corrected chi connectivity index (χ3v) is 3.56. The first kappa shape index (κ1) is 14.4. The number of hydrogen-bond acceptors (Lipinski definition) is 2. The largest absolute Gasteiger partial charge is 0.447 e. The lowest BCUT2D eigenvalue weighted by atomic mass is 10.1. The van der Waals surface area contributed by atoms with Crippen molar-refractivity contribution < 1.29 is 9.53 Å². The molecule has 0 bridgehead atoms. The highest BCUT2D eigenvalue weighted by molar-refractivity contribution is 5.71. The molecule has 1 aliphatic rings. The Kier molecular flexibility index (Phi) is 4.99. The fourth-order valence-electron chi connectivity index (χ4n) is 2.47. The normalized spacial score (nSPS) is 20.1. The second-order valence-corrected chi connectivity index (χ2v) is 4.91. The summed E-state index contributed by atoms with van der Waals surface area (Å²) in [6.45, 7) is 6.27. The molecule has 0 saturated carbocycles. The lowest BCUT2D eigenvalue weighted by molar-refractivity contribution is 0.145. The summed E-state index contributed by atoms with van der Waals surface area (Å²) < 4.78 is 5.20. The minimum Gasteiger partial charge on any atom is -0.447 e. The Morgan fingerprint density at radius 2 is 2.20 bits per heavy atom. The van der Waals surface area contributed by atoms with Gasteiger partial charge in [-0.3, -0.25) is 4.90 Å². The molecule has 2 rings (SSSR count). The molecule has 0 spiro atoms. The molecular formula is C17H21NO2. The van der Waals surface area contributed by atoms with Crippen molar-refractivity contribution in [3.05, 3.63) is 54.6 Å². The standard InChI is InChI=1S/C17H21NO2/c1-3-8-15(4-2)18-16(13-20-17(18)19)12-11-14-9-6-5-7-10-14/h3,5-7,9-12,15-16H,1,4,8,13H2,2H3/b12-11+/t15-,16+/m1/s1. The van der Waals surface area contributed by atoms with Gasteiger partial charge < -0.3 is 4.74 Å². The Labute approximate surface area is 120 Å². The Bertz CT molecular complexity index is 481. The highest BCUT2D eigenvalue weighted by Crippen LogP contribution is 2.22. The van der Waals surface area contributed by atoms with Crippen molar-refractivity contribution in [3.63, 3.8) is 0 Å². The Morgan fingerprint density at radius 1 is 1.45 bits per heavy atom. The van der Waals surface area contributed by atoms with Crippen molar-refractivity contribution in [2.75, 3.05) is 6.61 Å². The van der Waals surface area contributed by atoms with Gasteiger partial charge >= 0.3 is 6.09 Å². The SMILES string of the molecule is C=CC[C@@H](CC)N1C(=O)OC[C@@H]1/C=C/c1ccccc1. The maximum absolute atomic E-state index is 11.9. The third-order valence-electron chi connectivity index (χ3n) is 3.56. The smallest absolute Gasteiger partial charge is 0.410 e. The van der Waals surface area contributed by atoms with Gasteiger partial charge in [0, 0.05) is 6.04 Å². The third kappa shape index (κ3) is 3.29. The predicted molar refractivity (Wildman–Crippen MR) is 81.3 cm³/mol. The van der Waals surface area contributed by atoms with Crippen LogP contribution in [0.5, 0.6) is 0 Å². The molecule has 0 N–H and O–H groups in total. The summed E-state index contributed by atoms with van der Waals surface area (Å²) in [6, 6.07) is 10.2. The van der Waals surface area contributed by atoms with Crippen LogP contribution in [0.15, 0.2) is 49.1 Å². The van der Waals surface area contributed by atoms with Gasteiger partial charge in [-0.25, -0.2) is 4.79 Å². The van der Waals surface area contributed by atoms with E-state index in [1.54, 1.807) is 0 Å². The van der Waals surface area contributed by atoms with Crippen molar-refractivity contribution in [3.8, 4) is 0 Å². The van der Waals surface area contributed by atoms with Crippen molar-refractivity contribution in [1.29, 1.82) is 0 Å². The predicted octanol–water partition coefficient (Wildman–Crippen LogP) is 3.88. The van der Waals surface area contributed by atoms with Gasteiger partial charge in [0.1, 0.15) is 6.61 Å². The van der Waals surface area contributed by atoms with E-state index in [1.165, 1.54) is 0 Å². The van der Waals surface area contributed by atoms with Gasteiger partial charge in [-0.1, -0.05) is 55.5 Å². The van der Waals surface area contributed by atoms with Crippen LogP contribution in [0.4, 0.5) is 4.79 Å². The van der Waals surface area contributed by atoms with Gasteiger partial charge in [-0.05, 0) is 18.4 Å². The quantitative estimate of drug-likeness (QED) is 0.735. The summed E-state index contributed by atoms with van der Waals surface area (Å²) in [5.74, 6) is 0. The fourth-order valence-corrected chi connectivity index (χ4v) is 2.47. The molecule has 2 atom stereocenters. The summed E-state index contributed by atoms with van der Waals surface area (Å²) in [7, 11) is 0. The molecular weight excluding hydrogens is 250 g/mol. The number of hydrogen-bond donors (Lipinski definition) is 0. The molecule has 0 radical (unpaired) electrons. The van der Waals surface area contributed by atoms with Gasteiger partial charge in [-0.2, -0.15) is 0 Å². The molecule has 1 aliphatic heterocycles. The monoisotopic (exact) mass is 271 g/mol.